The van der Waals surface area contributed by atoms with Crippen LogP contribution in [0.15, 0.2) is 33.3 Å². The van der Waals surface area contributed by atoms with Crippen molar-refractivity contribution in [3.63, 3.8) is 0 Å². The van der Waals surface area contributed by atoms with Crippen LogP contribution in [0, 0.1) is 0 Å². The highest BCUT2D eigenvalue weighted by atomic mass is 35.5. The molecule has 3 rings (SSSR count). The standard InChI is InChI=1S/C12H14N6O2.ClH/c1-15-10-9(11(19)16(2)12(15)20)18(8-14-10)6-5-17-4-3-13-7-17;/h3-4,7-8H,5-6H2,1-2H3;1H. The minimum Gasteiger partial charge on any atom is -1.00 e. The molecule has 1 N–H and O–H groups in total. The largest absolute Gasteiger partial charge is 1.00 e. The number of rotatable bonds is 3. The Morgan fingerprint density at radius 3 is 2.67 bits per heavy atom. The number of halogens is 1. The summed E-state index contributed by atoms with van der Waals surface area (Å²) in [6.07, 6.45) is 7.08. The highest BCUT2D eigenvalue weighted by molar-refractivity contribution is 5.69. The van der Waals surface area contributed by atoms with E-state index in [0.29, 0.717) is 17.7 Å². The van der Waals surface area contributed by atoms with Gasteiger partial charge in [0.25, 0.3) is 5.56 Å². The number of aromatic nitrogens is 4. The maximum Gasteiger partial charge on any atom is 0.332 e. The van der Waals surface area contributed by atoms with Crippen molar-refractivity contribution >= 4 is 17.5 Å². The molecular weight excluding hydrogens is 296 g/mol. The average Bonchev–Trinajstić information content (AvgIpc) is 3.09. The molecule has 2 aromatic heterocycles. The Morgan fingerprint density at radius 2 is 2.00 bits per heavy atom. The average molecular weight is 311 g/mol. The first kappa shape index (κ1) is 15.2. The van der Waals surface area contributed by atoms with Crippen LogP contribution >= 0.6 is 0 Å². The number of aryl methyl sites for hydroxylation is 1. The molecule has 0 saturated heterocycles. The molecular formula is C12H15ClN6O2. The Kier molecular flexibility index (Phi) is 4.10. The van der Waals surface area contributed by atoms with Gasteiger partial charge in [-0.2, -0.15) is 0 Å². The van der Waals surface area contributed by atoms with Gasteiger partial charge < -0.3 is 17.0 Å². The molecule has 0 spiro atoms. The van der Waals surface area contributed by atoms with Gasteiger partial charge in [-0.1, -0.05) is 0 Å². The van der Waals surface area contributed by atoms with Gasteiger partial charge in [0.15, 0.2) is 17.5 Å². The van der Waals surface area contributed by atoms with Crippen molar-refractivity contribution < 1.29 is 17.3 Å². The maximum absolute atomic E-state index is 12.2. The third-order valence-corrected chi connectivity index (χ3v) is 3.47. The normalized spacial score (nSPS) is 16.6. The third kappa shape index (κ3) is 2.43. The number of quaternary nitrogens is 1. The predicted octanol–water partition coefficient (Wildman–Crippen LogP) is -5.16. The van der Waals surface area contributed by atoms with Gasteiger partial charge in [-0.3, -0.25) is 18.8 Å². The molecule has 1 aliphatic heterocycles. The van der Waals surface area contributed by atoms with E-state index in [2.05, 4.69) is 9.98 Å². The molecule has 9 heteroatoms. The van der Waals surface area contributed by atoms with Crippen LogP contribution in [0.25, 0.3) is 11.2 Å². The Balaban J connectivity index is 0.00000161. The number of imidazole rings is 1. The summed E-state index contributed by atoms with van der Waals surface area (Å²) >= 11 is 0. The molecule has 0 bridgehead atoms. The first-order valence-corrected chi connectivity index (χ1v) is 6.26. The molecule has 0 amide bonds. The second kappa shape index (κ2) is 5.66. The molecule has 3 heterocycles. The van der Waals surface area contributed by atoms with Crippen molar-refractivity contribution in [1.29, 1.82) is 0 Å². The van der Waals surface area contributed by atoms with Crippen LogP contribution in [0.1, 0.15) is 0 Å². The second-order valence-corrected chi connectivity index (χ2v) is 4.73. The molecule has 112 valence electrons. The highest BCUT2D eigenvalue weighted by Crippen LogP contribution is 2.04. The van der Waals surface area contributed by atoms with Crippen LogP contribution in [-0.2, 0) is 20.6 Å². The van der Waals surface area contributed by atoms with Crippen molar-refractivity contribution in [2.45, 2.75) is 6.54 Å². The first-order valence-electron chi connectivity index (χ1n) is 6.26. The Bertz CT molecular complexity index is 832. The quantitative estimate of drug-likeness (QED) is 0.616. The Morgan fingerprint density at radius 1 is 1.24 bits per heavy atom. The van der Waals surface area contributed by atoms with Gasteiger partial charge in [-0.25, -0.2) is 14.8 Å². The first-order chi connectivity index (χ1) is 9.59. The van der Waals surface area contributed by atoms with E-state index in [1.54, 1.807) is 30.5 Å². The van der Waals surface area contributed by atoms with E-state index in [1.807, 2.05) is 6.20 Å². The fraction of sp³-hybridized carbons (Fsp3) is 0.333. The lowest BCUT2D eigenvalue weighted by molar-refractivity contribution is -0.737. The van der Waals surface area contributed by atoms with Crippen LogP contribution in [0.4, 0.5) is 0 Å². The van der Waals surface area contributed by atoms with Gasteiger partial charge >= 0.3 is 5.69 Å². The molecule has 0 saturated carbocycles. The fourth-order valence-electron chi connectivity index (χ4n) is 2.28. The second-order valence-electron chi connectivity index (χ2n) is 4.73. The van der Waals surface area contributed by atoms with Gasteiger partial charge in [0.2, 0.25) is 0 Å². The van der Waals surface area contributed by atoms with Gasteiger partial charge in [0, 0.05) is 14.1 Å². The van der Waals surface area contributed by atoms with Crippen LogP contribution in [0.3, 0.4) is 0 Å². The van der Waals surface area contributed by atoms with E-state index < -0.39 is 0 Å². The van der Waals surface area contributed by atoms with Gasteiger partial charge in [0.1, 0.15) is 12.7 Å². The maximum atomic E-state index is 12.2. The number of nitrogens with zero attached hydrogens (tertiary/aromatic N) is 5. The van der Waals surface area contributed by atoms with Gasteiger partial charge in [-0.15, -0.1) is 0 Å². The lowest BCUT2D eigenvalue weighted by atomic mass is 10.4. The van der Waals surface area contributed by atoms with Crippen molar-refractivity contribution in [1.82, 2.24) is 18.7 Å². The summed E-state index contributed by atoms with van der Waals surface area (Å²) in [6, 6.07) is 0. The summed E-state index contributed by atoms with van der Waals surface area (Å²) in [5, 5.41) is 0. The van der Waals surface area contributed by atoms with Gasteiger partial charge in [0.05, 0.1) is 19.1 Å². The van der Waals surface area contributed by atoms with E-state index in [4.69, 9.17) is 0 Å². The van der Waals surface area contributed by atoms with E-state index in [-0.39, 0.29) is 23.7 Å². The fourth-order valence-corrected chi connectivity index (χ4v) is 2.28. The summed E-state index contributed by atoms with van der Waals surface area (Å²) in [4.78, 5) is 33.3. The Hall–Kier alpha value is -2.19. The van der Waals surface area contributed by atoms with Crippen LogP contribution in [-0.4, -0.2) is 31.6 Å². The third-order valence-electron chi connectivity index (χ3n) is 3.47. The number of fused-ring (bicyclic) bond motifs is 1. The Labute approximate surface area is 126 Å². The van der Waals surface area contributed by atoms with Crippen molar-refractivity contribution in [3.8, 4) is 0 Å². The van der Waals surface area contributed by atoms with Crippen molar-refractivity contribution in [2.24, 2.45) is 19.1 Å². The summed E-state index contributed by atoms with van der Waals surface area (Å²) < 4.78 is 4.27. The van der Waals surface area contributed by atoms with E-state index in [0.717, 1.165) is 16.0 Å². The van der Waals surface area contributed by atoms with Crippen molar-refractivity contribution in [2.75, 3.05) is 6.54 Å². The van der Waals surface area contributed by atoms with Crippen LogP contribution < -0.4 is 28.6 Å². The molecule has 2 aromatic rings. The van der Waals surface area contributed by atoms with Crippen LogP contribution in [0.2, 0.25) is 0 Å². The zero-order valence-corrected chi connectivity index (χ0v) is 12.4. The summed E-state index contributed by atoms with van der Waals surface area (Å²) in [5.41, 5.74) is 0.182. The zero-order valence-electron chi connectivity index (χ0n) is 11.7. The lowest BCUT2D eigenvalue weighted by Gasteiger charge is -2.08. The summed E-state index contributed by atoms with van der Waals surface area (Å²) in [7, 11) is 3.09. The smallest absolute Gasteiger partial charge is 0.332 e. The SMILES string of the molecule is Cn1c(=O)c2c(ncn2CC[NH+]2C=CN=C2)n(C)c1=O.[Cl-]. The highest BCUT2D eigenvalue weighted by Gasteiger charge is 2.15. The molecule has 0 fully saturated rings. The lowest BCUT2D eigenvalue weighted by Crippen LogP contribution is -3.06. The molecule has 1 atom stereocenters. The zero-order chi connectivity index (χ0) is 14.3. The number of nitrogens with one attached hydrogen (secondary N) is 1. The molecule has 0 radical (unpaired) electrons. The number of hydrogen-bond acceptors (Lipinski definition) is 4. The minimum absolute atomic E-state index is 0. The van der Waals surface area contributed by atoms with Crippen molar-refractivity contribution in [3.05, 3.63) is 39.6 Å². The molecule has 0 aliphatic carbocycles. The molecule has 0 aromatic carbocycles. The van der Waals surface area contributed by atoms with E-state index in [9.17, 15) is 9.59 Å². The molecule has 21 heavy (non-hydrogen) atoms. The monoisotopic (exact) mass is 310 g/mol. The van der Waals surface area contributed by atoms with E-state index >= 15 is 0 Å². The van der Waals surface area contributed by atoms with Crippen LogP contribution in [0.5, 0.6) is 0 Å². The van der Waals surface area contributed by atoms with Gasteiger partial charge in [-0.05, 0) is 0 Å². The predicted molar refractivity (Wildman–Crippen MR) is 73.7 cm³/mol. The number of aliphatic imine (C=N–C) groups is 1. The minimum atomic E-state index is -0.368. The molecule has 8 nitrogen and oxygen atoms in total. The molecule has 1 unspecified atom stereocenters. The molecule has 1 aliphatic rings. The summed E-state index contributed by atoms with van der Waals surface area (Å²) in [5.74, 6) is 0. The summed E-state index contributed by atoms with van der Waals surface area (Å²) in [6.45, 7) is 1.38. The topological polar surface area (TPSA) is 78.6 Å². The van der Waals surface area contributed by atoms with E-state index in [1.165, 1.54) is 11.6 Å². The number of hydrogen-bond donors (Lipinski definition) is 1.